The van der Waals surface area contributed by atoms with Gasteiger partial charge in [0.25, 0.3) is 0 Å². The highest BCUT2D eigenvalue weighted by Crippen LogP contribution is 2.31. The molecule has 1 aromatic carbocycles. The molecular weight excluding hydrogens is 398 g/mol. The van der Waals surface area contributed by atoms with Crippen molar-refractivity contribution in [3.05, 3.63) is 41.6 Å². The van der Waals surface area contributed by atoms with E-state index in [9.17, 15) is 14.0 Å². The Morgan fingerprint density at radius 1 is 1.38 bits per heavy atom. The number of rotatable bonds is 8. The summed E-state index contributed by atoms with van der Waals surface area (Å²) in [5.41, 5.74) is 2.16. The normalized spacial score (nSPS) is 13.5. The van der Waals surface area contributed by atoms with E-state index in [1.807, 2.05) is 12.3 Å². The van der Waals surface area contributed by atoms with Gasteiger partial charge in [0.05, 0.1) is 6.20 Å². The third-order valence-electron chi connectivity index (χ3n) is 4.37. The van der Waals surface area contributed by atoms with Gasteiger partial charge in [-0.25, -0.2) is 4.98 Å². The number of fused-ring (bicyclic) bond motifs is 1. The van der Waals surface area contributed by atoms with Crippen molar-refractivity contribution >= 4 is 34.7 Å². The van der Waals surface area contributed by atoms with E-state index in [0.717, 1.165) is 18.7 Å². The summed E-state index contributed by atoms with van der Waals surface area (Å²) in [6, 6.07) is 9.24. The van der Waals surface area contributed by atoms with Gasteiger partial charge in [0.15, 0.2) is 5.65 Å². The minimum Gasteiger partial charge on any atom is -0.435 e. The van der Waals surface area contributed by atoms with E-state index in [4.69, 9.17) is 0 Å². The van der Waals surface area contributed by atoms with Crippen LogP contribution in [-0.2, 0) is 5.75 Å². The first-order valence-corrected chi connectivity index (χ1v) is 10.4. The number of hydrogen-bond donors (Lipinski definition) is 2. The van der Waals surface area contributed by atoms with Crippen molar-refractivity contribution in [2.75, 3.05) is 16.9 Å². The molecule has 3 aromatic rings. The summed E-state index contributed by atoms with van der Waals surface area (Å²) in [5.74, 6) is 1.94. The fraction of sp³-hybridized carbons (Fsp3) is 0.316. The lowest BCUT2D eigenvalue weighted by Gasteiger charge is -2.14. The summed E-state index contributed by atoms with van der Waals surface area (Å²) in [5, 5.41) is 20.2. The minimum absolute atomic E-state index is 0.155. The van der Waals surface area contributed by atoms with Crippen LogP contribution < -0.4 is 15.4 Å². The molecule has 4 rings (SSSR count). The van der Waals surface area contributed by atoms with Gasteiger partial charge in [0.1, 0.15) is 29.0 Å². The number of thioether (sulfide) groups is 1. The fourth-order valence-corrected chi connectivity index (χ4v) is 3.47. The second-order valence-electron chi connectivity index (χ2n) is 6.61. The van der Waals surface area contributed by atoms with E-state index in [0.29, 0.717) is 40.1 Å². The number of hydrogen-bond acceptors (Lipinski definition) is 7. The lowest BCUT2D eigenvalue weighted by molar-refractivity contribution is -0.0503. The molecule has 0 saturated heterocycles. The highest BCUT2D eigenvalue weighted by atomic mass is 32.2. The van der Waals surface area contributed by atoms with Crippen LogP contribution in [0.2, 0.25) is 0 Å². The maximum atomic E-state index is 12.6. The maximum Gasteiger partial charge on any atom is 0.387 e. The first-order valence-electron chi connectivity index (χ1n) is 8.96. The zero-order valence-electron chi connectivity index (χ0n) is 15.5. The van der Waals surface area contributed by atoms with Gasteiger partial charge in [-0.3, -0.25) is 0 Å². The van der Waals surface area contributed by atoms with Crippen LogP contribution in [0.3, 0.4) is 0 Å². The average Bonchev–Trinajstić information content (AvgIpc) is 3.40. The van der Waals surface area contributed by atoms with E-state index in [1.165, 1.54) is 24.0 Å². The maximum absolute atomic E-state index is 12.6. The highest BCUT2D eigenvalue weighted by Gasteiger charge is 2.23. The molecule has 2 N–H and O–H groups in total. The van der Waals surface area contributed by atoms with E-state index in [-0.39, 0.29) is 5.75 Å². The molecule has 0 bridgehead atoms. The molecule has 0 spiro atoms. The summed E-state index contributed by atoms with van der Waals surface area (Å²) in [6.45, 7) is -2.87. The van der Waals surface area contributed by atoms with Crippen molar-refractivity contribution in [3.8, 4) is 11.8 Å². The lowest BCUT2D eigenvalue weighted by Crippen LogP contribution is -2.09. The van der Waals surface area contributed by atoms with Crippen LogP contribution in [0, 0.1) is 11.3 Å². The number of aromatic nitrogens is 3. The van der Waals surface area contributed by atoms with Crippen LogP contribution in [-0.4, -0.2) is 33.5 Å². The van der Waals surface area contributed by atoms with Crippen LogP contribution >= 0.6 is 11.8 Å². The van der Waals surface area contributed by atoms with Crippen LogP contribution in [0.15, 0.2) is 30.5 Å². The Balaban J connectivity index is 1.68. The van der Waals surface area contributed by atoms with Crippen molar-refractivity contribution in [1.82, 2.24) is 14.6 Å². The topological polar surface area (TPSA) is 87.3 Å². The molecule has 1 saturated carbocycles. The van der Waals surface area contributed by atoms with Crippen LogP contribution in [0.1, 0.15) is 24.0 Å². The summed E-state index contributed by atoms with van der Waals surface area (Å²) >= 11 is 1.51. The zero-order valence-corrected chi connectivity index (χ0v) is 16.3. The van der Waals surface area contributed by atoms with Crippen LogP contribution in [0.25, 0.3) is 5.65 Å². The molecule has 2 heterocycles. The van der Waals surface area contributed by atoms with Gasteiger partial charge in [-0.2, -0.15) is 35.4 Å². The quantitative estimate of drug-likeness (QED) is 0.563. The number of benzene rings is 1. The molecule has 2 aromatic heterocycles. The molecular formula is C19H18F2N6OS. The summed E-state index contributed by atoms with van der Waals surface area (Å²) in [6.07, 6.45) is 5.54. The molecule has 10 heteroatoms. The van der Waals surface area contributed by atoms with Gasteiger partial charge in [-0.15, -0.1) is 0 Å². The molecule has 0 atom stereocenters. The monoisotopic (exact) mass is 416 g/mol. The second kappa shape index (κ2) is 8.13. The Labute approximate surface area is 170 Å². The number of nitrogens with zero attached hydrogens (tertiary/aromatic N) is 4. The van der Waals surface area contributed by atoms with Crippen LogP contribution in [0.4, 0.5) is 26.1 Å². The average molecular weight is 416 g/mol. The Bertz CT molecular complexity index is 1080. The number of nitriles is 1. The highest BCUT2D eigenvalue weighted by molar-refractivity contribution is 7.97. The SMILES string of the molecule is CSCc1cc(Nc2cc(NC3CC3)n3ncc(C#N)c3n2)ccc1OC(F)F. The number of nitrogens with one attached hydrogen (secondary N) is 2. The first-order chi connectivity index (χ1) is 14.1. The zero-order chi connectivity index (χ0) is 20.4. The molecule has 1 aliphatic carbocycles. The van der Waals surface area contributed by atoms with Crippen molar-refractivity contribution in [2.45, 2.75) is 31.2 Å². The third kappa shape index (κ3) is 4.35. The Hall–Kier alpha value is -3.06. The van der Waals surface area contributed by atoms with Gasteiger partial charge in [0.2, 0.25) is 0 Å². The van der Waals surface area contributed by atoms with Gasteiger partial charge < -0.3 is 15.4 Å². The summed E-state index contributed by atoms with van der Waals surface area (Å²) in [7, 11) is 0. The van der Waals surface area contributed by atoms with E-state index in [2.05, 4.69) is 31.5 Å². The molecule has 29 heavy (non-hydrogen) atoms. The predicted octanol–water partition coefficient (Wildman–Crippen LogP) is 4.38. The third-order valence-corrected chi connectivity index (χ3v) is 4.97. The van der Waals surface area contributed by atoms with Crippen molar-refractivity contribution in [3.63, 3.8) is 0 Å². The molecule has 150 valence electrons. The van der Waals surface area contributed by atoms with Crippen molar-refractivity contribution < 1.29 is 13.5 Å². The van der Waals surface area contributed by atoms with E-state index < -0.39 is 6.61 Å². The number of anilines is 3. The molecule has 0 unspecified atom stereocenters. The van der Waals surface area contributed by atoms with Gasteiger partial charge >= 0.3 is 6.61 Å². The van der Waals surface area contributed by atoms with Crippen molar-refractivity contribution in [1.29, 1.82) is 5.26 Å². The molecule has 1 aliphatic rings. The van der Waals surface area contributed by atoms with Crippen LogP contribution in [0.5, 0.6) is 5.75 Å². The largest absolute Gasteiger partial charge is 0.435 e. The Morgan fingerprint density at radius 3 is 2.90 bits per heavy atom. The van der Waals surface area contributed by atoms with E-state index >= 15 is 0 Å². The smallest absolute Gasteiger partial charge is 0.387 e. The summed E-state index contributed by atoms with van der Waals surface area (Å²) in [4.78, 5) is 4.51. The number of ether oxygens (including phenoxy) is 1. The minimum atomic E-state index is -2.87. The van der Waals surface area contributed by atoms with Gasteiger partial charge in [-0.05, 0) is 37.3 Å². The second-order valence-corrected chi connectivity index (χ2v) is 7.48. The Kier molecular flexibility index (Phi) is 5.40. The molecule has 1 fully saturated rings. The molecule has 0 radical (unpaired) electrons. The Morgan fingerprint density at radius 2 is 2.21 bits per heavy atom. The van der Waals surface area contributed by atoms with Crippen molar-refractivity contribution in [2.24, 2.45) is 0 Å². The van der Waals surface area contributed by atoms with Gasteiger partial charge in [-0.1, -0.05) is 0 Å². The molecule has 7 nitrogen and oxygen atoms in total. The number of halogens is 2. The molecule has 0 amide bonds. The standard InChI is InChI=1S/C19H18F2N6OS/c1-29-10-11-6-14(4-5-15(11)28-19(20)21)24-16-7-17(25-13-2-3-13)27-18(26-16)12(8-22)9-23-27/h4-7,9,13,19,25H,2-3,10H2,1H3,(H,24,26). The predicted molar refractivity (Wildman–Crippen MR) is 108 cm³/mol. The molecule has 0 aliphatic heterocycles. The van der Waals surface area contributed by atoms with E-state index in [1.54, 1.807) is 16.6 Å². The fourth-order valence-electron chi connectivity index (χ4n) is 2.93. The first kappa shape index (κ1) is 19.3. The van der Waals surface area contributed by atoms with Gasteiger partial charge in [0, 0.05) is 29.1 Å². The number of alkyl halides is 2. The lowest BCUT2D eigenvalue weighted by atomic mass is 10.2. The summed E-state index contributed by atoms with van der Waals surface area (Å²) < 4.78 is 31.5.